The van der Waals surface area contributed by atoms with Gasteiger partial charge in [-0.2, -0.15) is 10.4 Å². The quantitative estimate of drug-likeness (QED) is 0.455. The largest absolute Gasteiger partial charge is 0.382 e. The Morgan fingerprint density at radius 3 is 2.58 bits per heavy atom. The van der Waals surface area contributed by atoms with Gasteiger partial charge in [0.1, 0.15) is 17.5 Å². The molecular formula is C24H28N6O2S. The predicted molar refractivity (Wildman–Crippen MR) is 130 cm³/mol. The lowest BCUT2D eigenvalue weighted by Crippen LogP contribution is -2.27. The van der Waals surface area contributed by atoms with Crippen molar-refractivity contribution in [2.45, 2.75) is 40.5 Å². The molecule has 0 unspecified atom stereocenters. The minimum atomic E-state index is -0.514. The van der Waals surface area contributed by atoms with Gasteiger partial charge in [0.15, 0.2) is 0 Å². The molecule has 0 radical (unpaired) electrons. The molecule has 9 heteroatoms. The van der Waals surface area contributed by atoms with E-state index in [1.54, 1.807) is 10.7 Å². The van der Waals surface area contributed by atoms with Crippen LogP contribution in [-0.2, 0) is 11.2 Å². The first-order valence-electron chi connectivity index (χ1n) is 10.6. The van der Waals surface area contributed by atoms with Gasteiger partial charge in [0.05, 0.1) is 21.3 Å². The van der Waals surface area contributed by atoms with E-state index in [1.807, 2.05) is 58.0 Å². The number of nitriles is 1. The van der Waals surface area contributed by atoms with Crippen LogP contribution >= 0.6 is 11.3 Å². The molecule has 0 aliphatic carbocycles. The number of anilines is 2. The van der Waals surface area contributed by atoms with E-state index in [4.69, 9.17) is 5.73 Å². The van der Waals surface area contributed by atoms with Gasteiger partial charge in [-0.25, -0.2) is 4.68 Å². The Hall–Kier alpha value is -3.64. The fourth-order valence-electron chi connectivity index (χ4n) is 3.15. The Balaban J connectivity index is 1.59. The van der Waals surface area contributed by atoms with Gasteiger partial charge in [0.2, 0.25) is 5.91 Å². The van der Waals surface area contributed by atoms with E-state index >= 15 is 0 Å². The summed E-state index contributed by atoms with van der Waals surface area (Å²) in [6, 6.07) is 13.3. The highest BCUT2D eigenvalue weighted by Gasteiger charge is 2.23. The van der Waals surface area contributed by atoms with Crippen LogP contribution in [0.3, 0.4) is 0 Å². The molecule has 8 nitrogen and oxygen atoms in total. The first-order valence-corrected chi connectivity index (χ1v) is 11.5. The monoisotopic (exact) mass is 464 g/mol. The smallest absolute Gasteiger partial charge is 0.261 e. The third kappa shape index (κ3) is 5.59. The number of aryl methyl sites for hydroxylation is 2. The zero-order chi connectivity index (χ0) is 24.2. The highest BCUT2D eigenvalue weighted by molar-refractivity contribution is 7.18. The molecule has 3 aromatic rings. The van der Waals surface area contributed by atoms with Gasteiger partial charge in [-0.3, -0.25) is 9.59 Å². The van der Waals surface area contributed by atoms with E-state index in [2.05, 4.69) is 21.8 Å². The number of aromatic nitrogens is 2. The molecule has 172 valence electrons. The Morgan fingerprint density at radius 2 is 1.94 bits per heavy atom. The summed E-state index contributed by atoms with van der Waals surface area (Å²) in [4.78, 5) is 25.4. The number of thiophene rings is 1. The number of nitrogens with one attached hydrogen (secondary N) is 2. The Kier molecular flexibility index (Phi) is 7.19. The van der Waals surface area contributed by atoms with Crippen LogP contribution in [0.25, 0.3) is 5.69 Å². The highest BCUT2D eigenvalue weighted by atomic mass is 32.1. The standard InChI is InChI=1S/C24H28N6O2S/c1-15-13-19(28-23(32)24(2,3)4)33-20(15)22(31)27-12-8-11-18-17(14-25)21(26)30(29-18)16-9-6-5-7-10-16/h5-7,9-10,13H,8,11-12,26H2,1-4H3,(H,27,31)(H,28,32). The van der Waals surface area contributed by atoms with Crippen LogP contribution in [0.4, 0.5) is 10.8 Å². The van der Waals surface area contributed by atoms with E-state index in [1.165, 1.54) is 11.3 Å². The lowest BCUT2D eigenvalue weighted by atomic mass is 9.96. The number of rotatable bonds is 7. The van der Waals surface area contributed by atoms with E-state index < -0.39 is 5.41 Å². The van der Waals surface area contributed by atoms with Crippen molar-refractivity contribution in [1.82, 2.24) is 15.1 Å². The molecule has 0 saturated carbocycles. The van der Waals surface area contributed by atoms with Crippen LogP contribution in [0.15, 0.2) is 36.4 Å². The molecule has 2 aromatic heterocycles. The number of nitrogens with zero attached hydrogens (tertiary/aromatic N) is 3. The number of para-hydroxylation sites is 1. The van der Waals surface area contributed by atoms with Crippen molar-refractivity contribution >= 4 is 34.0 Å². The molecule has 2 heterocycles. The zero-order valence-corrected chi connectivity index (χ0v) is 20.0. The maximum Gasteiger partial charge on any atom is 0.261 e. The molecule has 1 aromatic carbocycles. The second-order valence-corrected chi connectivity index (χ2v) is 9.80. The van der Waals surface area contributed by atoms with Gasteiger partial charge < -0.3 is 16.4 Å². The Labute approximate surface area is 197 Å². The van der Waals surface area contributed by atoms with Crippen molar-refractivity contribution < 1.29 is 9.59 Å². The number of amides is 2. The fourth-order valence-corrected chi connectivity index (χ4v) is 4.13. The molecule has 4 N–H and O–H groups in total. The summed E-state index contributed by atoms with van der Waals surface area (Å²) in [5.74, 6) is 0.0172. The van der Waals surface area contributed by atoms with Crippen molar-refractivity contribution in [3.05, 3.63) is 58.1 Å². The summed E-state index contributed by atoms with van der Waals surface area (Å²) in [7, 11) is 0. The van der Waals surface area contributed by atoms with Gasteiger partial charge in [0.25, 0.3) is 5.91 Å². The number of carbonyl (C=O) groups excluding carboxylic acids is 2. The molecule has 2 amide bonds. The SMILES string of the molecule is Cc1cc(NC(=O)C(C)(C)C)sc1C(=O)NCCCc1nn(-c2ccccc2)c(N)c1C#N. The summed E-state index contributed by atoms with van der Waals surface area (Å²) < 4.78 is 1.56. The first-order chi connectivity index (χ1) is 15.6. The number of hydrogen-bond donors (Lipinski definition) is 3. The molecule has 0 aliphatic heterocycles. The summed E-state index contributed by atoms with van der Waals surface area (Å²) >= 11 is 1.26. The molecule has 0 aliphatic rings. The topological polar surface area (TPSA) is 126 Å². The van der Waals surface area contributed by atoms with Crippen molar-refractivity contribution in [1.29, 1.82) is 5.26 Å². The minimum Gasteiger partial charge on any atom is -0.382 e. The highest BCUT2D eigenvalue weighted by Crippen LogP contribution is 2.28. The van der Waals surface area contributed by atoms with Crippen molar-refractivity contribution in [2.24, 2.45) is 5.41 Å². The molecule has 0 spiro atoms. The second-order valence-electron chi connectivity index (χ2n) is 8.75. The number of nitrogen functional groups attached to an aromatic ring is 1. The van der Waals surface area contributed by atoms with Gasteiger partial charge in [-0.05, 0) is 43.5 Å². The molecule has 0 fully saturated rings. The number of benzene rings is 1. The van der Waals surface area contributed by atoms with Gasteiger partial charge in [0, 0.05) is 12.0 Å². The summed E-state index contributed by atoms with van der Waals surface area (Å²) in [6.45, 7) is 7.78. The molecule has 3 rings (SSSR count). The Morgan fingerprint density at radius 1 is 1.24 bits per heavy atom. The maximum atomic E-state index is 12.6. The number of nitrogens with two attached hydrogens (primary N) is 1. The minimum absolute atomic E-state index is 0.0989. The fraction of sp³-hybridized carbons (Fsp3) is 0.333. The van der Waals surface area contributed by atoms with E-state index in [0.717, 1.165) is 11.3 Å². The summed E-state index contributed by atoms with van der Waals surface area (Å²) in [5.41, 5.74) is 8.18. The first kappa shape index (κ1) is 24.0. The lowest BCUT2D eigenvalue weighted by Gasteiger charge is -2.16. The van der Waals surface area contributed by atoms with Crippen molar-refractivity contribution in [3.63, 3.8) is 0 Å². The predicted octanol–water partition coefficient (Wildman–Crippen LogP) is 4.04. The molecule has 0 atom stereocenters. The van der Waals surface area contributed by atoms with Crippen LogP contribution in [0.1, 0.15) is 53.7 Å². The molecule has 33 heavy (non-hydrogen) atoms. The number of hydrogen-bond acceptors (Lipinski definition) is 6. The van der Waals surface area contributed by atoms with Crippen molar-refractivity contribution in [3.8, 4) is 11.8 Å². The zero-order valence-electron chi connectivity index (χ0n) is 19.2. The van der Waals surface area contributed by atoms with Crippen LogP contribution in [-0.4, -0.2) is 28.1 Å². The average Bonchev–Trinajstić information content (AvgIpc) is 3.29. The van der Waals surface area contributed by atoms with E-state index in [0.29, 0.717) is 46.3 Å². The summed E-state index contributed by atoms with van der Waals surface area (Å²) in [5, 5.41) is 20.5. The third-order valence-electron chi connectivity index (χ3n) is 5.02. The maximum absolute atomic E-state index is 12.6. The van der Waals surface area contributed by atoms with Gasteiger partial charge in [-0.1, -0.05) is 39.0 Å². The summed E-state index contributed by atoms with van der Waals surface area (Å²) in [6.07, 6.45) is 1.10. The Bertz CT molecular complexity index is 1200. The molecular weight excluding hydrogens is 436 g/mol. The van der Waals surface area contributed by atoms with Crippen LogP contribution in [0, 0.1) is 23.7 Å². The molecule has 0 bridgehead atoms. The van der Waals surface area contributed by atoms with Crippen LogP contribution < -0.4 is 16.4 Å². The van der Waals surface area contributed by atoms with Crippen LogP contribution in [0.2, 0.25) is 0 Å². The van der Waals surface area contributed by atoms with Gasteiger partial charge >= 0.3 is 0 Å². The normalized spacial score (nSPS) is 11.1. The average molecular weight is 465 g/mol. The van der Waals surface area contributed by atoms with Crippen molar-refractivity contribution in [2.75, 3.05) is 17.6 Å². The van der Waals surface area contributed by atoms with Crippen LogP contribution in [0.5, 0.6) is 0 Å². The van der Waals surface area contributed by atoms with Gasteiger partial charge in [-0.15, -0.1) is 11.3 Å². The lowest BCUT2D eigenvalue weighted by molar-refractivity contribution is -0.123. The number of carbonyl (C=O) groups is 2. The molecule has 0 saturated heterocycles. The van der Waals surface area contributed by atoms with E-state index in [9.17, 15) is 14.9 Å². The third-order valence-corrected chi connectivity index (χ3v) is 6.18. The van der Waals surface area contributed by atoms with E-state index in [-0.39, 0.29) is 11.8 Å². The second kappa shape index (κ2) is 9.88.